The molecule has 24 heavy (non-hydrogen) atoms. The summed E-state index contributed by atoms with van der Waals surface area (Å²) in [7, 11) is 0. The lowest BCUT2D eigenvalue weighted by molar-refractivity contribution is -0.135. The molecule has 1 aromatic rings. The molecule has 0 N–H and O–H groups in total. The van der Waals surface area contributed by atoms with Gasteiger partial charge in [-0.05, 0) is 12.8 Å². The summed E-state index contributed by atoms with van der Waals surface area (Å²) in [5, 5.41) is 0. The highest BCUT2D eigenvalue weighted by molar-refractivity contribution is 5.79. The number of carbonyl (C=O) groups excluding carboxylic acids is 1. The number of rotatable bonds is 2. The van der Waals surface area contributed by atoms with Crippen molar-refractivity contribution in [2.45, 2.75) is 19.3 Å². The third kappa shape index (κ3) is 3.10. The van der Waals surface area contributed by atoms with Gasteiger partial charge in [0.05, 0.1) is 31.4 Å². The van der Waals surface area contributed by atoms with Gasteiger partial charge in [-0.1, -0.05) is 0 Å². The van der Waals surface area contributed by atoms with Gasteiger partial charge in [0.2, 0.25) is 5.91 Å². The molecular formula is C17H24N4O3. The van der Waals surface area contributed by atoms with Gasteiger partial charge in [-0.25, -0.2) is 9.97 Å². The summed E-state index contributed by atoms with van der Waals surface area (Å²) in [5.41, 5.74) is 2.29. The number of morpholine rings is 1. The summed E-state index contributed by atoms with van der Waals surface area (Å²) in [4.78, 5) is 26.0. The lowest BCUT2D eigenvalue weighted by Gasteiger charge is -2.29. The molecule has 0 unspecified atom stereocenters. The van der Waals surface area contributed by atoms with Crippen LogP contribution in [-0.4, -0.2) is 73.4 Å². The number of nitrogens with zero attached hydrogens (tertiary/aromatic N) is 4. The highest BCUT2D eigenvalue weighted by atomic mass is 16.5. The Morgan fingerprint density at radius 3 is 2.67 bits per heavy atom. The molecule has 0 saturated carbocycles. The molecule has 4 heterocycles. The average Bonchev–Trinajstić information content (AvgIpc) is 3.08. The lowest BCUT2D eigenvalue weighted by Crippen LogP contribution is -2.38. The van der Waals surface area contributed by atoms with Crippen molar-refractivity contribution in [2.24, 2.45) is 5.92 Å². The van der Waals surface area contributed by atoms with E-state index in [0.29, 0.717) is 13.2 Å². The number of ether oxygens (including phenoxy) is 2. The van der Waals surface area contributed by atoms with Gasteiger partial charge in [0, 0.05) is 44.8 Å². The maximum Gasteiger partial charge on any atom is 0.228 e. The third-order valence-corrected chi connectivity index (χ3v) is 5.16. The molecule has 0 spiro atoms. The van der Waals surface area contributed by atoms with Gasteiger partial charge in [0.25, 0.3) is 0 Å². The second-order valence-corrected chi connectivity index (χ2v) is 6.61. The first-order chi connectivity index (χ1) is 11.8. The standard InChI is InChI=1S/C17H24N4O3/c22-17(13-3-8-24-11-13)21-4-1-14-15(2-5-21)18-12-19-16(14)20-6-9-23-10-7-20/h12-13H,1-11H2/t13-/m1/s1. The van der Waals surface area contributed by atoms with Crippen molar-refractivity contribution < 1.29 is 14.3 Å². The third-order valence-electron chi connectivity index (χ3n) is 5.16. The van der Waals surface area contributed by atoms with Crippen LogP contribution in [0.1, 0.15) is 17.7 Å². The van der Waals surface area contributed by atoms with E-state index in [-0.39, 0.29) is 11.8 Å². The van der Waals surface area contributed by atoms with Gasteiger partial charge < -0.3 is 19.3 Å². The van der Waals surface area contributed by atoms with Gasteiger partial charge in [0.15, 0.2) is 0 Å². The predicted molar refractivity (Wildman–Crippen MR) is 88.0 cm³/mol. The van der Waals surface area contributed by atoms with Crippen LogP contribution in [-0.2, 0) is 27.1 Å². The molecule has 2 fully saturated rings. The van der Waals surface area contributed by atoms with Crippen LogP contribution in [0, 0.1) is 5.92 Å². The van der Waals surface area contributed by atoms with Crippen molar-refractivity contribution in [2.75, 3.05) is 57.5 Å². The smallest absolute Gasteiger partial charge is 0.228 e. The van der Waals surface area contributed by atoms with Gasteiger partial charge in [-0.15, -0.1) is 0 Å². The Balaban J connectivity index is 1.51. The number of carbonyl (C=O) groups is 1. The van der Waals surface area contributed by atoms with Crippen LogP contribution < -0.4 is 4.90 Å². The second-order valence-electron chi connectivity index (χ2n) is 6.61. The van der Waals surface area contributed by atoms with Crippen molar-refractivity contribution in [3.63, 3.8) is 0 Å². The number of anilines is 1. The van der Waals surface area contributed by atoms with E-state index in [1.165, 1.54) is 5.56 Å². The molecule has 2 saturated heterocycles. The van der Waals surface area contributed by atoms with Crippen molar-refractivity contribution in [3.8, 4) is 0 Å². The van der Waals surface area contributed by atoms with E-state index in [1.54, 1.807) is 6.33 Å². The Morgan fingerprint density at radius 1 is 1.04 bits per heavy atom. The fraction of sp³-hybridized carbons (Fsp3) is 0.706. The summed E-state index contributed by atoms with van der Waals surface area (Å²) in [6.45, 7) is 5.97. The van der Waals surface area contributed by atoms with E-state index in [0.717, 1.165) is 70.2 Å². The van der Waals surface area contributed by atoms with E-state index < -0.39 is 0 Å². The molecule has 3 aliphatic rings. The van der Waals surface area contributed by atoms with Crippen LogP contribution in [0.4, 0.5) is 5.82 Å². The van der Waals surface area contributed by atoms with Crippen LogP contribution in [0.3, 0.4) is 0 Å². The first-order valence-corrected chi connectivity index (χ1v) is 8.85. The topological polar surface area (TPSA) is 67.8 Å². The summed E-state index contributed by atoms with van der Waals surface area (Å²) >= 11 is 0. The monoisotopic (exact) mass is 332 g/mol. The maximum absolute atomic E-state index is 12.7. The van der Waals surface area contributed by atoms with E-state index >= 15 is 0 Å². The molecule has 0 aromatic carbocycles. The first-order valence-electron chi connectivity index (χ1n) is 8.85. The van der Waals surface area contributed by atoms with Gasteiger partial charge in [-0.3, -0.25) is 4.79 Å². The molecule has 0 aliphatic carbocycles. The molecule has 1 amide bonds. The van der Waals surface area contributed by atoms with Gasteiger partial charge in [0.1, 0.15) is 12.1 Å². The SMILES string of the molecule is O=C([C@@H]1CCOC1)N1CCc2ncnc(N3CCOCC3)c2CC1. The lowest BCUT2D eigenvalue weighted by atomic mass is 10.1. The van der Waals surface area contributed by atoms with E-state index in [9.17, 15) is 4.79 Å². The van der Waals surface area contributed by atoms with Crippen LogP contribution in [0.25, 0.3) is 0 Å². The van der Waals surface area contributed by atoms with E-state index in [2.05, 4.69) is 14.9 Å². The number of hydrogen-bond donors (Lipinski definition) is 0. The normalized spacial score (nSPS) is 24.6. The molecule has 7 heteroatoms. The quantitative estimate of drug-likeness (QED) is 0.775. The predicted octanol–water partition coefficient (Wildman–Crippen LogP) is 0.277. The zero-order chi connectivity index (χ0) is 16.4. The molecule has 0 radical (unpaired) electrons. The van der Waals surface area contributed by atoms with Crippen LogP contribution in [0.15, 0.2) is 6.33 Å². The zero-order valence-electron chi connectivity index (χ0n) is 13.9. The minimum atomic E-state index is 0.0380. The Kier molecular flexibility index (Phi) is 4.62. The molecular weight excluding hydrogens is 308 g/mol. The fourth-order valence-corrected chi connectivity index (χ4v) is 3.76. The number of fused-ring (bicyclic) bond motifs is 1. The van der Waals surface area contributed by atoms with Gasteiger partial charge >= 0.3 is 0 Å². The molecule has 7 nitrogen and oxygen atoms in total. The molecule has 4 rings (SSSR count). The second kappa shape index (κ2) is 7.03. The van der Waals surface area contributed by atoms with Crippen molar-refractivity contribution in [3.05, 3.63) is 17.6 Å². The van der Waals surface area contributed by atoms with Crippen molar-refractivity contribution in [1.29, 1.82) is 0 Å². The van der Waals surface area contributed by atoms with Crippen molar-refractivity contribution >= 4 is 11.7 Å². The maximum atomic E-state index is 12.7. The molecule has 130 valence electrons. The highest BCUT2D eigenvalue weighted by Gasteiger charge is 2.30. The largest absolute Gasteiger partial charge is 0.381 e. The Morgan fingerprint density at radius 2 is 1.88 bits per heavy atom. The minimum absolute atomic E-state index is 0.0380. The molecule has 1 atom stereocenters. The summed E-state index contributed by atoms with van der Waals surface area (Å²) in [6.07, 6.45) is 4.13. The summed E-state index contributed by atoms with van der Waals surface area (Å²) < 4.78 is 10.8. The highest BCUT2D eigenvalue weighted by Crippen LogP contribution is 2.25. The number of amides is 1. The molecule has 0 bridgehead atoms. The Bertz CT molecular complexity index is 597. The van der Waals surface area contributed by atoms with Gasteiger partial charge in [-0.2, -0.15) is 0 Å². The molecule has 3 aliphatic heterocycles. The Hall–Kier alpha value is -1.73. The minimum Gasteiger partial charge on any atom is -0.381 e. The van der Waals surface area contributed by atoms with E-state index in [1.807, 2.05) is 4.90 Å². The van der Waals surface area contributed by atoms with E-state index in [4.69, 9.17) is 9.47 Å². The molecule has 1 aromatic heterocycles. The Labute approximate surface area is 142 Å². The van der Waals surface area contributed by atoms with Crippen LogP contribution in [0.5, 0.6) is 0 Å². The average molecular weight is 332 g/mol. The number of hydrogen-bond acceptors (Lipinski definition) is 6. The summed E-state index contributed by atoms with van der Waals surface area (Å²) in [6, 6.07) is 0. The van der Waals surface area contributed by atoms with Crippen LogP contribution >= 0.6 is 0 Å². The zero-order valence-corrected chi connectivity index (χ0v) is 13.9. The summed E-state index contributed by atoms with van der Waals surface area (Å²) in [5.74, 6) is 1.30. The van der Waals surface area contributed by atoms with Crippen LogP contribution in [0.2, 0.25) is 0 Å². The van der Waals surface area contributed by atoms with Crippen molar-refractivity contribution in [1.82, 2.24) is 14.9 Å². The first kappa shape index (κ1) is 15.8. The fourth-order valence-electron chi connectivity index (χ4n) is 3.76. The number of aromatic nitrogens is 2.